The number of carbonyl (C=O) groups excluding carboxylic acids is 1. The van der Waals surface area contributed by atoms with Crippen LogP contribution in [-0.4, -0.2) is 17.1 Å². The van der Waals surface area contributed by atoms with E-state index < -0.39 is 6.04 Å². The van der Waals surface area contributed by atoms with Crippen molar-refractivity contribution in [2.24, 2.45) is 5.73 Å². The molecule has 4 N–H and O–H groups in total. The van der Waals surface area contributed by atoms with Crippen LogP contribution in [0.5, 0.6) is 0 Å². The first-order valence-electron chi connectivity index (χ1n) is 6.58. The molecule has 2 amide bonds. The molecule has 0 spiro atoms. The predicted octanol–water partition coefficient (Wildman–Crippen LogP) is 2.26. The van der Waals surface area contributed by atoms with E-state index in [4.69, 9.17) is 18.0 Å². The van der Waals surface area contributed by atoms with Gasteiger partial charge in [-0.15, -0.1) is 0 Å². The van der Waals surface area contributed by atoms with Gasteiger partial charge >= 0.3 is 6.03 Å². The summed E-state index contributed by atoms with van der Waals surface area (Å²) in [7, 11) is 0. The molecule has 102 valence electrons. The van der Waals surface area contributed by atoms with E-state index in [0.717, 1.165) is 18.4 Å². The van der Waals surface area contributed by atoms with Crippen LogP contribution in [0.2, 0.25) is 0 Å². The second kappa shape index (κ2) is 6.52. The number of hydrogen-bond donors (Lipinski definition) is 3. The first kappa shape index (κ1) is 13.8. The number of thiocarbonyl (C=S) groups is 1. The monoisotopic (exact) mass is 277 g/mol. The van der Waals surface area contributed by atoms with Gasteiger partial charge in [0.05, 0.1) is 0 Å². The van der Waals surface area contributed by atoms with E-state index in [1.54, 1.807) is 0 Å². The number of hydrogen-bond acceptors (Lipinski definition) is 2. The van der Waals surface area contributed by atoms with E-state index >= 15 is 0 Å². The van der Waals surface area contributed by atoms with Crippen LogP contribution in [0.1, 0.15) is 37.3 Å². The summed E-state index contributed by atoms with van der Waals surface area (Å²) < 4.78 is 0. The summed E-state index contributed by atoms with van der Waals surface area (Å²) in [5.74, 6) is 0. The Morgan fingerprint density at radius 3 is 2.47 bits per heavy atom. The lowest BCUT2D eigenvalue weighted by Gasteiger charge is -2.20. The molecule has 1 aromatic carbocycles. The molecule has 0 bridgehead atoms. The molecular weight excluding hydrogens is 258 g/mol. The summed E-state index contributed by atoms with van der Waals surface area (Å²) in [6, 6.07) is 9.18. The number of benzene rings is 1. The van der Waals surface area contributed by atoms with Crippen molar-refractivity contribution in [1.29, 1.82) is 0 Å². The fraction of sp³-hybridized carbons (Fsp3) is 0.429. The standard InChI is InChI=1S/C14H19N3OS/c15-13(19)12(10-6-2-1-3-7-10)17-14(18)16-11-8-4-5-9-11/h1-3,6-7,11-12H,4-5,8-9H2,(H2,15,19)(H2,16,17,18). The zero-order valence-electron chi connectivity index (χ0n) is 10.8. The van der Waals surface area contributed by atoms with Crippen molar-refractivity contribution in [2.75, 3.05) is 0 Å². The predicted molar refractivity (Wildman–Crippen MR) is 79.9 cm³/mol. The quantitative estimate of drug-likeness (QED) is 0.740. The third-order valence-corrected chi connectivity index (χ3v) is 3.62. The lowest BCUT2D eigenvalue weighted by Crippen LogP contribution is -2.45. The van der Waals surface area contributed by atoms with Gasteiger partial charge < -0.3 is 16.4 Å². The summed E-state index contributed by atoms with van der Waals surface area (Å²) in [4.78, 5) is 12.2. The largest absolute Gasteiger partial charge is 0.391 e. The zero-order valence-corrected chi connectivity index (χ0v) is 11.6. The van der Waals surface area contributed by atoms with Crippen molar-refractivity contribution in [2.45, 2.75) is 37.8 Å². The van der Waals surface area contributed by atoms with Crippen molar-refractivity contribution in [1.82, 2.24) is 10.6 Å². The number of amides is 2. The Morgan fingerprint density at radius 2 is 1.89 bits per heavy atom. The molecule has 1 aliphatic rings. The Kier molecular flexibility index (Phi) is 4.74. The summed E-state index contributed by atoms with van der Waals surface area (Å²) in [5.41, 5.74) is 6.61. The molecule has 0 radical (unpaired) electrons. The summed E-state index contributed by atoms with van der Waals surface area (Å²) in [6.45, 7) is 0. The first-order valence-corrected chi connectivity index (χ1v) is 6.99. The van der Waals surface area contributed by atoms with Crippen LogP contribution in [0.4, 0.5) is 4.79 Å². The Labute approximate surface area is 118 Å². The van der Waals surface area contributed by atoms with Gasteiger partial charge in [0.2, 0.25) is 0 Å². The minimum Gasteiger partial charge on any atom is -0.391 e. The molecule has 1 unspecified atom stereocenters. The lowest BCUT2D eigenvalue weighted by molar-refractivity contribution is 0.236. The van der Waals surface area contributed by atoms with E-state index in [2.05, 4.69) is 10.6 Å². The smallest absolute Gasteiger partial charge is 0.315 e. The van der Waals surface area contributed by atoms with Crippen molar-refractivity contribution in [3.8, 4) is 0 Å². The number of nitrogens with two attached hydrogens (primary N) is 1. The van der Waals surface area contributed by atoms with Gasteiger partial charge in [0.25, 0.3) is 0 Å². The summed E-state index contributed by atoms with van der Waals surface area (Å²) in [6.07, 6.45) is 4.47. The normalized spacial score (nSPS) is 16.8. The molecule has 19 heavy (non-hydrogen) atoms. The SMILES string of the molecule is NC(=S)C(NC(=O)NC1CCCC1)c1ccccc1. The average molecular weight is 277 g/mol. The van der Waals surface area contributed by atoms with Crippen LogP contribution in [0.15, 0.2) is 30.3 Å². The number of nitrogens with one attached hydrogen (secondary N) is 2. The lowest BCUT2D eigenvalue weighted by atomic mass is 10.1. The molecule has 1 fully saturated rings. The van der Waals surface area contributed by atoms with Crippen molar-refractivity contribution in [3.05, 3.63) is 35.9 Å². The van der Waals surface area contributed by atoms with Gasteiger partial charge in [-0.05, 0) is 18.4 Å². The Balaban J connectivity index is 1.97. The van der Waals surface area contributed by atoms with Gasteiger partial charge in [0.15, 0.2) is 0 Å². The van der Waals surface area contributed by atoms with Gasteiger partial charge in [0, 0.05) is 6.04 Å². The van der Waals surface area contributed by atoms with Gasteiger partial charge in [-0.1, -0.05) is 55.4 Å². The number of urea groups is 1. The van der Waals surface area contributed by atoms with Gasteiger partial charge in [-0.2, -0.15) is 0 Å². The van der Waals surface area contributed by atoms with Crippen LogP contribution in [-0.2, 0) is 0 Å². The fourth-order valence-electron chi connectivity index (χ4n) is 2.39. The number of rotatable bonds is 4. The highest BCUT2D eigenvalue weighted by Crippen LogP contribution is 2.18. The molecule has 1 aromatic rings. The number of carbonyl (C=O) groups is 1. The molecule has 4 nitrogen and oxygen atoms in total. The fourth-order valence-corrected chi connectivity index (χ4v) is 2.59. The Hall–Kier alpha value is -1.62. The highest BCUT2D eigenvalue weighted by Gasteiger charge is 2.21. The van der Waals surface area contributed by atoms with E-state index in [9.17, 15) is 4.79 Å². The third kappa shape index (κ3) is 3.92. The minimum atomic E-state index is -0.419. The first-order chi connectivity index (χ1) is 9.16. The second-order valence-corrected chi connectivity index (χ2v) is 5.32. The maximum absolute atomic E-state index is 11.9. The zero-order chi connectivity index (χ0) is 13.7. The highest BCUT2D eigenvalue weighted by atomic mass is 32.1. The maximum Gasteiger partial charge on any atom is 0.315 e. The summed E-state index contributed by atoms with van der Waals surface area (Å²) in [5, 5.41) is 5.81. The van der Waals surface area contributed by atoms with Crippen LogP contribution in [0.25, 0.3) is 0 Å². The average Bonchev–Trinajstić information content (AvgIpc) is 2.89. The molecule has 1 aliphatic carbocycles. The van der Waals surface area contributed by atoms with Crippen molar-refractivity contribution in [3.63, 3.8) is 0 Å². The van der Waals surface area contributed by atoms with E-state index in [1.165, 1.54) is 12.8 Å². The Morgan fingerprint density at radius 1 is 1.26 bits per heavy atom. The molecule has 0 aromatic heterocycles. The van der Waals surface area contributed by atoms with E-state index in [0.29, 0.717) is 0 Å². The molecule has 1 saturated carbocycles. The molecule has 0 saturated heterocycles. The minimum absolute atomic E-state index is 0.200. The topological polar surface area (TPSA) is 67.1 Å². The molecular formula is C14H19N3OS. The molecule has 2 rings (SSSR count). The van der Waals surface area contributed by atoms with Crippen LogP contribution < -0.4 is 16.4 Å². The summed E-state index contributed by atoms with van der Waals surface area (Å²) >= 11 is 5.04. The van der Waals surface area contributed by atoms with Crippen LogP contribution in [0.3, 0.4) is 0 Å². The molecule has 0 heterocycles. The van der Waals surface area contributed by atoms with Gasteiger partial charge in [-0.25, -0.2) is 4.79 Å². The van der Waals surface area contributed by atoms with Crippen molar-refractivity contribution < 1.29 is 4.79 Å². The molecule has 1 atom stereocenters. The highest BCUT2D eigenvalue weighted by molar-refractivity contribution is 7.80. The third-order valence-electron chi connectivity index (χ3n) is 3.38. The molecule has 0 aliphatic heterocycles. The van der Waals surface area contributed by atoms with E-state index in [1.807, 2.05) is 30.3 Å². The van der Waals surface area contributed by atoms with Crippen molar-refractivity contribution >= 4 is 23.2 Å². The van der Waals surface area contributed by atoms with E-state index in [-0.39, 0.29) is 17.1 Å². The molecule has 5 heteroatoms. The maximum atomic E-state index is 11.9. The Bertz CT molecular complexity index is 443. The van der Waals surface area contributed by atoms with Crippen LogP contribution in [0, 0.1) is 0 Å². The van der Waals surface area contributed by atoms with Gasteiger partial charge in [0.1, 0.15) is 11.0 Å². The van der Waals surface area contributed by atoms with Gasteiger partial charge in [-0.3, -0.25) is 0 Å². The second-order valence-electron chi connectivity index (χ2n) is 4.85. The van der Waals surface area contributed by atoms with Crippen LogP contribution >= 0.6 is 12.2 Å².